The molecule has 8 nitrogen and oxygen atoms in total. The van der Waals surface area contributed by atoms with E-state index in [0.717, 1.165) is 59.0 Å². The molecule has 2 aromatic heterocycles. The van der Waals surface area contributed by atoms with Gasteiger partial charge in [-0.05, 0) is 51.1 Å². The van der Waals surface area contributed by atoms with Crippen molar-refractivity contribution in [3.8, 4) is 22.5 Å². The molecule has 0 atom stereocenters. The van der Waals surface area contributed by atoms with Crippen molar-refractivity contribution >= 4 is 17.7 Å². The van der Waals surface area contributed by atoms with E-state index in [0.29, 0.717) is 19.6 Å². The summed E-state index contributed by atoms with van der Waals surface area (Å²) in [5, 5.41) is 2.89. The van der Waals surface area contributed by atoms with Gasteiger partial charge in [0.2, 0.25) is 0 Å². The minimum Gasteiger partial charge on any atom is -0.444 e. The standard InChI is InChI=1S/C27H31N5O3/c1-27(2,3)35-26(34)32-13-11-31(12-14-32)20-6-4-5-18(15-20)23-16-19(7-9-28-23)24-17-21-22(30-24)8-10-29-25(21)33/h4-7,9,15-17,30H,8,10-14H2,1-3H3,(H,29,33). The molecule has 1 aromatic carbocycles. The molecule has 35 heavy (non-hydrogen) atoms. The van der Waals surface area contributed by atoms with Gasteiger partial charge in [0, 0.05) is 73.5 Å². The third-order valence-corrected chi connectivity index (χ3v) is 6.31. The Hall–Kier alpha value is -3.81. The van der Waals surface area contributed by atoms with Crippen LogP contribution in [-0.2, 0) is 11.2 Å². The number of aromatic nitrogens is 2. The number of anilines is 1. The van der Waals surface area contributed by atoms with Crippen LogP contribution in [0.1, 0.15) is 36.8 Å². The van der Waals surface area contributed by atoms with Gasteiger partial charge in [0.05, 0.1) is 11.3 Å². The number of hydrogen-bond donors (Lipinski definition) is 2. The van der Waals surface area contributed by atoms with Crippen LogP contribution in [0.25, 0.3) is 22.5 Å². The number of fused-ring (bicyclic) bond motifs is 1. The Morgan fingerprint density at radius 1 is 1.03 bits per heavy atom. The number of nitrogens with one attached hydrogen (secondary N) is 2. The van der Waals surface area contributed by atoms with E-state index in [-0.39, 0.29) is 12.0 Å². The van der Waals surface area contributed by atoms with E-state index in [1.54, 1.807) is 11.1 Å². The van der Waals surface area contributed by atoms with E-state index < -0.39 is 5.60 Å². The summed E-state index contributed by atoms with van der Waals surface area (Å²) in [6, 6.07) is 14.3. The van der Waals surface area contributed by atoms with Crippen LogP contribution < -0.4 is 10.2 Å². The molecule has 4 heterocycles. The maximum Gasteiger partial charge on any atom is 0.410 e. The van der Waals surface area contributed by atoms with Crippen LogP contribution in [-0.4, -0.2) is 65.2 Å². The van der Waals surface area contributed by atoms with E-state index in [1.165, 1.54) is 0 Å². The number of hydrogen-bond acceptors (Lipinski definition) is 5. The number of amides is 2. The first kappa shape index (κ1) is 23.0. The summed E-state index contributed by atoms with van der Waals surface area (Å²) in [4.78, 5) is 36.6. The van der Waals surface area contributed by atoms with Crippen LogP contribution in [0.2, 0.25) is 0 Å². The predicted octanol–water partition coefficient (Wildman–Crippen LogP) is 4.09. The summed E-state index contributed by atoms with van der Waals surface area (Å²) >= 11 is 0. The van der Waals surface area contributed by atoms with E-state index in [9.17, 15) is 9.59 Å². The van der Waals surface area contributed by atoms with Gasteiger partial charge < -0.3 is 24.8 Å². The number of carbonyl (C=O) groups is 2. The normalized spacial score (nSPS) is 16.0. The lowest BCUT2D eigenvalue weighted by atomic mass is 10.1. The Labute approximate surface area is 205 Å². The molecule has 2 N–H and O–H groups in total. The fourth-order valence-corrected chi connectivity index (χ4v) is 4.54. The number of carbonyl (C=O) groups excluding carboxylic acids is 2. The summed E-state index contributed by atoms with van der Waals surface area (Å²) < 4.78 is 5.51. The van der Waals surface area contributed by atoms with Gasteiger partial charge in [-0.15, -0.1) is 0 Å². The van der Waals surface area contributed by atoms with Gasteiger partial charge in [-0.1, -0.05) is 12.1 Å². The van der Waals surface area contributed by atoms with E-state index >= 15 is 0 Å². The minimum absolute atomic E-state index is 0.0255. The number of nitrogens with zero attached hydrogens (tertiary/aromatic N) is 3. The molecule has 2 amide bonds. The van der Waals surface area contributed by atoms with Crippen molar-refractivity contribution in [3.05, 3.63) is 59.9 Å². The van der Waals surface area contributed by atoms with Gasteiger partial charge in [-0.2, -0.15) is 0 Å². The van der Waals surface area contributed by atoms with Crippen molar-refractivity contribution in [1.82, 2.24) is 20.2 Å². The number of benzene rings is 1. The zero-order valence-electron chi connectivity index (χ0n) is 20.4. The lowest BCUT2D eigenvalue weighted by molar-refractivity contribution is 0.0240. The van der Waals surface area contributed by atoms with Crippen molar-refractivity contribution in [2.75, 3.05) is 37.6 Å². The lowest BCUT2D eigenvalue weighted by Crippen LogP contribution is -2.50. The molecular formula is C27H31N5O3. The number of piperazine rings is 1. The van der Waals surface area contributed by atoms with Crippen LogP contribution in [0.3, 0.4) is 0 Å². The van der Waals surface area contributed by atoms with Crippen LogP contribution in [0, 0.1) is 0 Å². The van der Waals surface area contributed by atoms with Gasteiger partial charge in [-0.3, -0.25) is 9.78 Å². The summed E-state index contributed by atoms with van der Waals surface area (Å²) in [6.45, 7) is 9.05. The molecular weight excluding hydrogens is 442 g/mol. The molecule has 0 saturated carbocycles. The van der Waals surface area contributed by atoms with Crippen molar-refractivity contribution in [3.63, 3.8) is 0 Å². The lowest BCUT2D eigenvalue weighted by Gasteiger charge is -2.36. The molecule has 0 spiro atoms. The Kier molecular flexibility index (Phi) is 5.96. The Morgan fingerprint density at radius 3 is 2.57 bits per heavy atom. The third-order valence-electron chi connectivity index (χ3n) is 6.31. The molecule has 1 saturated heterocycles. The second kappa shape index (κ2) is 9.09. The highest BCUT2D eigenvalue weighted by atomic mass is 16.6. The summed E-state index contributed by atoms with van der Waals surface area (Å²) in [5.41, 5.74) is 6.12. The Bertz CT molecular complexity index is 1250. The number of pyridine rings is 1. The molecule has 0 aliphatic carbocycles. The largest absolute Gasteiger partial charge is 0.444 e. The maximum absolute atomic E-state index is 12.4. The summed E-state index contributed by atoms with van der Waals surface area (Å²) in [7, 11) is 0. The van der Waals surface area contributed by atoms with Crippen molar-refractivity contribution in [2.24, 2.45) is 0 Å². The highest BCUT2D eigenvalue weighted by Crippen LogP contribution is 2.29. The third kappa shape index (κ3) is 5.01. The maximum atomic E-state index is 12.4. The summed E-state index contributed by atoms with van der Waals surface area (Å²) in [6.07, 6.45) is 2.36. The number of H-pyrrole nitrogens is 1. The number of aromatic amines is 1. The monoisotopic (exact) mass is 473 g/mol. The molecule has 2 aliphatic heterocycles. The average molecular weight is 474 g/mol. The highest BCUT2D eigenvalue weighted by Gasteiger charge is 2.26. The van der Waals surface area contributed by atoms with Crippen molar-refractivity contribution in [2.45, 2.75) is 32.8 Å². The molecule has 0 unspecified atom stereocenters. The van der Waals surface area contributed by atoms with Crippen LogP contribution in [0.4, 0.5) is 10.5 Å². The van der Waals surface area contributed by atoms with E-state index in [1.807, 2.05) is 39.0 Å². The first-order valence-electron chi connectivity index (χ1n) is 12.1. The molecule has 5 rings (SSSR count). The van der Waals surface area contributed by atoms with Gasteiger partial charge in [0.25, 0.3) is 5.91 Å². The SMILES string of the molecule is CC(C)(C)OC(=O)N1CCN(c2cccc(-c3cc(-c4cc5c([nH]4)CCNC5=O)ccn3)c2)CC1. The highest BCUT2D eigenvalue weighted by molar-refractivity contribution is 5.97. The van der Waals surface area contributed by atoms with Gasteiger partial charge >= 0.3 is 6.09 Å². The topological polar surface area (TPSA) is 90.6 Å². The molecule has 3 aromatic rings. The first-order valence-corrected chi connectivity index (χ1v) is 12.1. The summed E-state index contributed by atoms with van der Waals surface area (Å²) in [5.74, 6) is -0.0255. The smallest absolute Gasteiger partial charge is 0.410 e. The van der Waals surface area contributed by atoms with Crippen molar-refractivity contribution < 1.29 is 14.3 Å². The Morgan fingerprint density at radius 2 is 1.83 bits per heavy atom. The fraction of sp³-hybridized carbons (Fsp3) is 0.370. The molecule has 0 bridgehead atoms. The van der Waals surface area contributed by atoms with E-state index in [2.05, 4.69) is 44.5 Å². The second-order valence-electron chi connectivity index (χ2n) is 10.0. The van der Waals surface area contributed by atoms with Crippen LogP contribution >= 0.6 is 0 Å². The Balaban J connectivity index is 1.31. The van der Waals surface area contributed by atoms with Gasteiger partial charge in [0.15, 0.2) is 0 Å². The number of ether oxygens (including phenoxy) is 1. The number of rotatable bonds is 3. The van der Waals surface area contributed by atoms with Crippen LogP contribution in [0.5, 0.6) is 0 Å². The predicted molar refractivity (Wildman–Crippen MR) is 136 cm³/mol. The quantitative estimate of drug-likeness (QED) is 0.598. The van der Waals surface area contributed by atoms with Crippen molar-refractivity contribution in [1.29, 1.82) is 0 Å². The molecule has 8 heteroatoms. The van der Waals surface area contributed by atoms with Gasteiger partial charge in [0.1, 0.15) is 5.60 Å². The molecule has 0 radical (unpaired) electrons. The zero-order chi connectivity index (χ0) is 24.6. The first-order chi connectivity index (χ1) is 16.8. The fourth-order valence-electron chi connectivity index (χ4n) is 4.54. The minimum atomic E-state index is -0.490. The second-order valence-corrected chi connectivity index (χ2v) is 10.0. The zero-order valence-corrected chi connectivity index (χ0v) is 20.4. The average Bonchev–Trinajstić information content (AvgIpc) is 3.29. The van der Waals surface area contributed by atoms with Crippen LogP contribution in [0.15, 0.2) is 48.7 Å². The van der Waals surface area contributed by atoms with Gasteiger partial charge in [-0.25, -0.2) is 4.79 Å². The van der Waals surface area contributed by atoms with E-state index in [4.69, 9.17) is 4.74 Å². The molecule has 182 valence electrons. The molecule has 2 aliphatic rings. The molecule has 1 fully saturated rings.